The lowest BCUT2D eigenvalue weighted by atomic mass is 10.2. The highest BCUT2D eigenvalue weighted by Gasteiger charge is 1.88. The van der Waals surface area contributed by atoms with Crippen molar-refractivity contribution >= 4 is 12.4 Å². The van der Waals surface area contributed by atoms with Crippen LogP contribution in [0.25, 0.3) is 0 Å². The van der Waals surface area contributed by atoms with Crippen LogP contribution in [-0.2, 0) is 0 Å². The maximum atomic E-state index is 6.82. The number of rotatable bonds is 2. The monoisotopic (exact) mass is 126 g/mol. The quantitative estimate of drug-likeness (QED) is 0.597. The zero-order valence-corrected chi connectivity index (χ0v) is 5.29. The third-order valence-corrected chi connectivity index (χ3v) is 0.787. The van der Waals surface area contributed by atoms with Crippen molar-refractivity contribution in [1.29, 1.82) is 0 Å². The van der Waals surface area contributed by atoms with Crippen molar-refractivity contribution in [2.45, 2.75) is 32.7 Å². The van der Waals surface area contributed by atoms with Crippen LogP contribution in [0.4, 0.5) is 0 Å². The molecule has 1 unspecified atom stereocenters. The van der Waals surface area contributed by atoms with Gasteiger partial charge in [-0.25, -0.2) is 0 Å². The van der Waals surface area contributed by atoms with Gasteiger partial charge in [0.15, 0.2) is 0 Å². The molecule has 0 spiro atoms. The molecule has 2 heteroatoms. The van der Waals surface area contributed by atoms with Crippen LogP contribution in [0.1, 0.15) is 30.7 Å². The van der Waals surface area contributed by atoms with Crippen molar-refractivity contribution in [3.8, 4) is 0 Å². The molecule has 0 radical (unpaired) electrons. The first-order chi connectivity index (χ1) is 3.95. The molecule has 0 aromatic heterocycles. The van der Waals surface area contributed by atoms with Gasteiger partial charge in [0.1, 0.15) is 0 Å². The van der Waals surface area contributed by atoms with Gasteiger partial charge in [0.25, 0.3) is 0 Å². The Kier molecular flexibility index (Phi) is 3.72. The molecule has 1 atom stereocenters. The van der Waals surface area contributed by atoms with Crippen LogP contribution in [0.5, 0.6) is 0 Å². The molecular weight excluding hydrogens is 110 g/mol. The van der Waals surface area contributed by atoms with E-state index in [1.54, 1.807) is 0 Å². The molecule has 1 nitrogen and oxygen atoms in total. The molecule has 7 heavy (non-hydrogen) atoms. The Morgan fingerprint density at radius 1 is 1.71 bits per heavy atom. The molecule has 0 aliphatic carbocycles. The molecule has 0 heterocycles. The fraction of sp³-hybridized carbons (Fsp3) is 1.00. The summed E-state index contributed by atoms with van der Waals surface area (Å²) in [5.41, 5.74) is 5.40. The summed E-state index contributed by atoms with van der Waals surface area (Å²) in [5, 5.41) is 0. The van der Waals surface area contributed by atoms with Gasteiger partial charge < -0.3 is 5.73 Å². The van der Waals surface area contributed by atoms with E-state index in [1.807, 2.05) is 6.92 Å². The van der Waals surface area contributed by atoms with Crippen molar-refractivity contribution in [3.63, 3.8) is 0 Å². The zero-order chi connectivity index (χ0) is 7.49. The SMILES string of the molecule is Cl.[2H]C([2H])([2H])CC(N)CC. The highest BCUT2D eigenvalue weighted by molar-refractivity contribution is 5.85. The van der Waals surface area contributed by atoms with E-state index in [0.717, 1.165) is 6.42 Å². The summed E-state index contributed by atoms with van der Waals surface area (Å²) in [5.74, 6) is 0. The molecule has 2 N–H and O–H groups in total. The third kappa shape index (κ3) is 6.25. The molecule has 0 saturated carbocycles. The first-order valence-electron chi connectivity index (χ1n) is 3.71. The first kappa shape index (κ1) is 4.16. The molecule has 0 fully saturated rings. The van der Waals surface area contributed by atoms with Crippen LogP contribution in [0.15, 0.2) is 0 Å². The Morgan fingerprint density at radius 2 is 2.29 bits per heavy atom. The average Bonchev–Trinajstić information content (AvgIpc) is 1.62. The number of halogens is 1. The van der Waals surface area contributed by atoms with Gasteiger partial charge in [-0.2, -0.15) is 0 Å². The molecular formula is C5H14ClN. The van der Waals surface area contributed by atoms with Gasteiger partial charge in [-0.3, -0.25) is 0 Å². The molecule has 46 valence electrons. The van der Waals surface area contributed by atoms with E-state index in [1.165, 1.54) is 0 Å². The average molecular weight is 127 g/mol. The normalized spacial score (nSPS) is 20.6. The molecule has 0 aliphatic rings. The lowest BCUT2D eigenvalue weighted by Gasteiger charge is -1.99. The standard InChI is InChI=1S/C5H13N.ClH/c1-3-5(6)4-2;/h5H,3-4,6H2,1-2H3;1H/i1D3;. The molecule has 0 saturated heterocycles. The van der Waals surface area contributed by atoms with Gasteiger partial charge >= 0.3 is 0 Å². The Hall–Kier alpha value is 0.250. The van der Waals surface area contributed by atoms with Crippen LogP contribution >= 0.6 is 12.4 Å². The third-order valence-electron chi connectivity index (χ3n) is 0.787. The maximum absolute atomic E-state index is 6.82. The van der Waals surface area contributed by atoms with Crippen molar-refractivity contribution in [3.05, 3.63) is 0 Å². The molecule has 0 rings (SSSR count). The van der Waals surface area contributed by atoms with E-state index < -0.39 is 6.85 Å². The lowest BCUT2D eigenvalue weighted by molar-refractivity contribution is 0.629. The summed E-state index contributed by atoms with van der Waals surface area (Å²) >= 11 is 0. The maximum Gasteiger partial charge on any atom is 0.0231 e. The van der Waals surface area contributed by atoms with E-state index >= 15 is 0 Å². The first-order valence-corrected chi connectivity index (χ1v) is 2.21. The Bertz CT molecular complexity index is 83.5. The Balaban J connectivity index is 0. The van der Waals surface area contributed by atoms with Crippen LogP contribution in [0.3, 0.4) is 0 Å². The fourth-order valence-corrected chi connectivity index (χ4v) is 0.144. The van der Waals surface area contributed by atoms with Gasteiger partial charge in [0.2, 0.25) is 0 Å². The summed E-state index contributed by atoms with van der Waals surface area (Å²) in [6.07, 6.45) is 0.863. The van der Waals surface area contributed by atoms with E-state index in [-0.39, 0.29) is 24.9 Å². The van der Waals surface area contributed by atoms with Crippen LogP contribution in [-0.4, -0.2) is 6.04 Å². The minimum absolute atomic E-state index is 0. The highest BCUT2D eigenvalue weighted by atomic mass is 35.5. The van der Waals surface area contributed by atoms with Crippen molar-refractivity contribution in [1.82, 2.24) is 0 Å². The highest BCUT2D eigenvalue weighted by Crippen LogP contribution is 1.88. The van der Waals surface area contributed by atoms with Gasteiger partial charge in [-0.1, -0.05) is 13.8 Å². The largest absolute Gasteiger partial charge is 0.328 e. The van der Waals surface area contributed by atoms with Crippen LogP contribution in [0.2, 0.25) is 0 Å². The van der Waals surface area contributed by atoms with E-state index in [0.29, 0.717) is 0 Å². The zero-order valence-electron chi connectivity index (χ0n) is 7.48. The molecule has 0 aliphatic heterocycles. The van der Waals surface area contributed by atoms with Gasteiger partial charge in [-0.15, -0.1) is 12.4 Å². The van der Waals surface area contributed by atoms with Gasteiger partial charge in [0.05, 0.1) is 0 Å². The van der Waals surface area contributed by atoms with Crippen LogP contribution in [0, 0.1) is 0 Å². The van der Waals surface area contributed by atoms with Crippen molar-refractivity contribution < 1.29 is 4.11 Å². The second kappa shape index (κ2) is 6.25. The number of nitrogens with two attached hydrogens (primary N) is 1. The molecule has 0 aromatic carbocycles. The minimum Gasteiger partial charge on any atom is -0.328 e. The second-order valence-corrected chi connectivity index (χ2v) is 1.37. The number of hydrogen-bond donors (Lipinski definition) is 1. The van der Waals surface area contributed by atoms with Crippen molar-refractivity contribution in [2.24, 2.45) is 5.73 Å². The molecule has 0 aromatic rings. The van der Waals surface area contributed by atoms with E-state index in [9.17, 15) is 0 Å². The van der Waals surface area contributed by atoms with Crippen LogP contribution < -0.4 is 5.73 Å². The minimum atomic E-state index is -1.85. The molecule has 0 bridgehead atoms. The predicted molar refractivity (Wildman–Crippen MR) is 35.8 cm³/mol. The Morgan fingerprint density at radius 3 is 2.43 bits per heavy atom. The van der Waals surface area contributed by atoms with Gasteiger partial charge in [0, 0.05) is 10.2 Å². The summed E-state index contributed by atoms with van der Waals surface area (Å²) in [6, 6.07) is -0.169. The smallest absolute Gasteiger partial charge is 0.0231 e. The fourth-order valence-electron chi connectivity index (χ4n) is 0.144. The molecule has 0 amide bonds. The van der Waals surface area contributed by atoms with Gasteiger partial charge in [-0.05, 0) is 12.8 Å². The summed E-state index contributed by atoms with van der Waals surface area (Å²) in [6.45, 7) is 0.0336. The summed E-state index contributed by atoms with van der Waals surface area (Å²) < 4.78 is 20.5. The summed E-state index contributed by atoms with van der Waals surface area (Å²) in [4.78, 5) is 0. The lowest BCUT2D eigenvalue weighted by Crippen LogP contribution is -2.16. The topological polar surface area (TPSA) is 26.0 Å². The number of hydrogen-bond acceptors (Lipinski definition) is 1. The predicted octanol–water partition coefficient (Wildman–Crippen LogP) is 1.56. The summed E-state index contributed by atoms with van der Waals surface area (Å²) in [7, 11) is 0. The Labute approximate surface area is 55.9 Å². The van der Waals surface area contributed by atoms with Crippen molar-refractivity contribution in [2.75, 3.05) is 0 Å². The second-order valence-electron chi connectivity index (χ2n) is 1.37. The van der Waals surface area contributed by atoms with E-state index in [4.69, 9.17) is 9.85 Å². The van der Waals surface area contributed by atoms with E-state index in [2.05, 4.69) is 0 Å².